The summed E-state index contributed by atoms with van der Waals surface area (Å²) in [6, 6.07) is 0. The number of hydrogen-bond donors (Lipinski definition) is 0. The van der Waals surface area contributed by atoms with E-state index in [9.17, 15) is 0 Å². The van der Waals surface area contributed by atoms with E-state index in [4.69, 9.17) is 0 Å². The van der Waals surface area contributed by atoms with Gasteiger partial charge >= 0.3 is 18.8 Å². The van der Waals surface area contributed by atoms with Gasteiger partial charge in [0.15, 0.2) is 0 Å². The molecule has 0 saturated carbocycles. The Labute approximate surface area is 46.2 Å². The fourth-order valence-electron chi connectivity index (χ4n) is 0. The molecule has 0 aromatic rings. The summed E-state index contributed by atoms with van der Waals surface area (Å²) in [4.78, 5) is 0. The molecule has 0 nitrogen and oxygen atoms in total. The van der Waals surface area contributed by atoms with Crippen LogP contribution < -0.4 is 0 Å². The van der Waals surface area contributed by atoms with E-state index in [-0.39, 0.29) is 18.8 Å². The molecule has 0 aliphatic heterocycles. The number of unbranched alkanes of at least 4 members (excludes halogenated alkanes) is 1. The van der Waals surface area contributed by atoms with Gasteiger partial charge < -0.3 is 0 Å². The standard InChI is InChI=1S/C4H10.Al/c1-3-4-2;/h3-4H2,1-2H3;/q;+3/p+1. The average Bonchev–Trinajstić information content (AvgIpc) is 1.37. The molecule has 0 aliphatic rings. The maximum atomic E-state index is 2.18. The molecule has 0 atom stereocenters. The first-order valence-corrected chi connectivity index (χ1v) is 1.91. The molecule has 1 heteroatoms. The summed E-state index contributed by atoms with van der Waals surface area (Å²) >= 11 is 0. The molecule has 0 rings (SSSR count). The van der Waals surface area contributed by atoms with Gasteiger partial charge in [0.05, 0.1) is 0 Å². The van der Waals surface area contributed by atoms with Gasteiger partial charge in [0.25, 0.3) is 0 Å². The van der Waals surface area contributed by atoms with Crippen molar-refractivity contribution in [3.8, 4) is 0 Å². The van der Waals surface area contributed by atoms with Crippen molar-refractivity contribution in [3.63, 3.8) is 0 Å². The molecular weight excluding hydrogens is 75.0 g/mol. The number of hydrogen-bond acceptors (Lipinski definition) is 0. The molecule has 0 amide bonds. The van der Waals surface area contributed by atoms with Crippen molar-refractivity contribution in [1.82, 2.24) is 0 Å². The minimum Gasteiger partial charge on any atom is -0.0654 e. The van der Waals surface area contributed by atoms with Crippen molar-refractivity contribution in [2.24, 2.45) is 0 Å². The first-order chi connectivity index (χ1) is 1.91. The maximum Gasteiger partial charge on any atom is 3.00 e. The van der Waals surface area contributed by atoms with Gasteiger partial charge in [-0.3, -0.25) is 0 Å². The largest absolute Gasteiger partial charge is 3.00 e. The van der Waals surface area contributed by atoms with Gasteiger partial charge in [0.1, 0.15) is 0 Å². The van der Waals surface area contributed by atoms with Crippen LogP contribution in [0, 0.1) is 0 Å². The smallest absolute Gasteiger partial charge is 0.0654 e. The fraction of sp³-hybridized carbons (Fsp3) is 1.00. The minimum atomic E-state index is 0. The quantitative estimate of drug-likeness (QED) is 0.424. The van der Waals surface area contributed by atoms with E-state index in [0.717, 1.165) is 0 Å². The third-order valence-corrected chi connectivity index (χ3v) is 0.500. The molecule has 0 bridgehead atoms. The normalized spacial score (nSPS) is 6.00. The second kappa shape index (κ2) is 8.82. The SMILES string of the molecule is CCCC.[Al+3].[H+]. The van der Waals surface area contributed by atoms with Crippen molar-refractivity contribution in [2.45, 2.75) is 26.7 Å². The summed E-state index contributed by atoms with van der Waals surface area (Å²) in [5.41, 5.74) is 0. The molecule has 0 unspecified atom stereocenters. The van der Waals surface area contributed by atoms with E-state index < -0.39 is 0 Å². The third kappa shape index (κ3) is 12.4. The topological polar surface area (TPSA) is 0 Å². The van der Waals surface area contributed by atoms with Crippen molar-refractivity contribution in [3.05, 3.63) is 0 Å². The van der Waals surface area contributed by atoms with Gasteiger partial charge in [-0.05, 0) is 0 Å². The summed E-state index contributed by atoms with van der Waals surface area (Å²) in [7, 11) is 0. The Balaban J connectivity index is -0.0000000450. The summed E-state index contributed by atoms with van der Waals surface area (Å²) in [6.07, 6.45) is 2.64. The zero-order valence-electron chi connectivity index (χ0n) is 4.99. The van der Waals surface area contributed by atoms with Crippen LogP contribution in [0.5, 0.6) is 0 Å². The van der Waals surface area contributed by atoms with Crippen molar-refractivity contribution >= 4 is 17.4 Å². The Kier molecular flexibility index (Phi) is 16.1. The van der Waals surface area contributed by atoms with Crippen molar-refractivity contribution < 1.29 is 1.43 Å². The summed E-state index contributed by atoms with van der Waals surface area (Å²) in [5.74, 6) is 0. The maximum absolute atomic E-state index is 2.18. The van der Waals surface area contributed by atoms with Crippen LogP contribution in [0.2, 0.25) is 0 Å². The first-order valence-electron chi connectivity index (χ1n) is 1.91. The third-order valence-electron chi connectivity index (χ3n) is 0.500. The first kappa shape index (κ1) is 9.11. The Bertz CT molecular complexity index is 9.51. The molecule has 0 heterocycles. The zero-order valence-corrected chi connectivity index (χ0v) is 5.15. The minimum absolute atomic E-state index is 0. The molecule has 0 fully saturated rings. The van der Waals surface area contributed by atoms with E-state index in [1.54, 1.807) is 0 Å². The van der Waals surface area contributed by atoms with Gasteiger partial charge in [-0.1, -0.05) is 26.7 Å². The van der Waals surface area contributed by atoms with Crippen LogP contribution in [0.15, 0.2) is 0 Å². The zero-order chi connectivity index (χ0) is 3.41. The Morgan fingerprint density at radius 2 is 1.40 bits per heavy atom. The number of rotatable bonds is 1. The van der Waals surface area contributed by atoms with E-state index in [1.807, 2.05) is 0 Å². The van der Waals surface area contributed by atoms with E-state index in [1.165, 1.54) is 12.8 Å². The van der Waals surface area contributed by atoms with Crippen LogP contribution in [-0.4, -0.2) is 17.4 Å². The van der Waals surface area contributed by atoms with Crippen LogP contribution in [0.3, 0.4) is 0 Å². The monoisotopic (exact) mass is 86.1 g/mol. The molecule has 0 radical (unpaired) electrons. The van der Waals surface area contributed by atoms with Crippen LogP contribution in [0.4, 0.5) is 0 Å². The molecule has 0 saturated heterocycles. The predicted molar refractivity (Wildman–Crippen MR) is 27.4 cm³/mol. The molecule has 0 aromatic heterocycles. The summed E-state index contributed by atoms with van der Waals surface area (Å²) < 4.78 is 0. The Hall–Kier alpha value is 0.532. The van der Waals surface area contributed by atoms with Crippen LogP contribution >= 0.6 is 0 Å². The van der Waals surface area contributed by atoms with Crippen LogP contribution in [-0.2, 0) is 0 Å². The molecular formula is C4H11Al+4. The van der Waals surface area contributed by atoms with Crippen molar-refractivity contribution in [1.29, 1.82) is 0 Å². The van der Waals surface area contributed by atoms with Gasteiger partial charge in [-0.2, -0.15) is 0 Å². The molecule has 5 heavy (non-hydrogen) atoms. The van der Waals surface area contributed by atoms with E-state index in [0.29, 0.717) is 0 Å². The molecule has 0 aliphatic carbocycles. The summed E-state index contributed by atoms with van der Waals surface area (Å²) in [5, 5.41) is 0. The van der Waals surface area contributed by atoms with E-state index >= 15 is 0 Å². The van der Waals surface area contributed by atoms with Gasteiger partial charge in [0.2, 0.25) is 0 Å². The second-order valence-electron chi connectivity index (χ2n) is 1.000. The van der Waals surface area contributed by atoms with Gasteiger partial charge in [-0.25, -0.2) is 0 Å². The molecule has 0 spiro atoms. The van der Waals surface area contributed by atoms with Crippen LogP contribution in [0.25, 0.3) is 0 Å². The van der Waals surface area contributed by atoms with Gasteiger partial charge in [0, 0.05) is 0 Å². The van der Waals surface area contributed by atoms with E-state index in [2.05, 4.69) is 13.8 Å². The molecule has 26 valence electrons. The average molecular weight is 86.1 g/mol. The molecule has 0 aromatic carbocycles. The fourth-order valence-corrected chi connectivity index (χ4v) is 0. The van der Waals surface area contributed by atoms with Crippen LogP contribution in [0.1, 0.15) is 28.1 Å². The summed E-state index contributed by atoms with van der Waals surface area (Å²) in [6.45, 7) is 4.36. The Morgan fingerprint density at radius 1 is 1.20 bits per heavy atom. The van der Waals surface area contributed by atoms with Crippen molar-refractivity contribution in [2.75, 3.05) is 0 Å². The molecule has 0 N–H and O–H groups in total. The second-order valence-corrected chi connectivity index (χ2v) is 1.000. The van der Waals surface area contributed by atoms with Gasteiger partial charge in [-0.15, -0.1) is 0 Å². The predicted octanol–water partition coefficient (Wildman–Crippen LogP) is 1.54. The Morgan fingerprint density at radius 3 is 1.40 bits per heavy atom.